The molecule has 0 aliphatic heterocycles. The molecule has 0 amide bonds. The lowest BCUT2D eigenvalue weighted by atomic mass is 9.77. The number of hydrogen-bond donors (Lipinski definition) is 2. The first kappa shape index (κ1) is 13.0. The van der Waals surface area contributed by atoms with Crippen molar-refractivity contribution in [2.24, 2.45) is 0 Å². The summed E-state index contributed by atoms with van der Waals surface area (Å²) in [6.07, 6.45) is 1.16. The lowest BCUT2D eigenvalue weighted by Gasteiger charge is -2.30. The van der Waals surface area contributed by atoms with Crippen molar-refractivity contribution in [3.63, 3.8) is 0 Å². The van der Waals surface area contributed by atoms with E-state index < -0.39 is 0 Å². The minimum atomic E-state index is 0.195. The van der Waals surface area contributed by atoms with Crippen molar-refractivity contribution in [3.8, 4) is 11.5 Å². The summed E-state index contributed by atoms with van der Waals surface area (Å²) >= 11 is 0. The van der Waals surface area contributed by atoms with Crippen LogP contribution in [-0.2, 0) is 13.0 Å². The fraction of sp³-hybridized carbons (Fsp3) is 0.294. The van der Waals surface area contributed by atoms with Crippen LogP contribution in [0.25, 0.3) is 0 Å². The molecular weight excluding hydrogens is 250 g/mol. The summed E-state index contributed by atoms with van der Waals surface area (Å²) in [5, 5.41) is 13.2. The van der Waals surface area contributed by atoms with Gasteiger partial charge in [-0.3, -0.25) is 0 Å². The largest absolute Gasteiger partial charge is 0.504 e. The third-order valence-corrected chi connectivity index (χ3v) is 3.92. The molecule has 20 heavy (non-hydrogen) atoms. The lowest BCUT2D eigenvalue weighted by molar-refractivity contribution is 0.373. The van der Waals surface area contributed by atoms with Crippen LogP contribution in [0.2, 0.25) is 0 Å². The van der Waals surface area contributed by atoms with Gasteiger partial charge in [0, 0.05) is 19.0 Å². The highest BCUT2D eigenvalue weighted by molar-refractivity contribution is 5.42. The topological polar surface area (TPSA) is 41.5 Å². The second kappa shape index (κ2) is 5.55. The molecule has 3 rings (SSSR count). The van der Waals surface area contributed by atoms with Crippen LogP contribution >= 0.6 is 0 Å². The maximum absolute atomic E-state index is 9.73. The van der Waals surface area contributed by atoms with Crippen LogP contribution in [0.4, 0.5) is 0 Å². The molecule has 0 radical (unpaired) electrons. The Balaban J connectivity index is 1.53. The Labute approximate surface area is 119 Å². The lowest BCUT2D eigenvalue weighted by Crippen LogP contribution is -2.28. The number of phenols is 1. The molecule has 0 fully saturated rings. The van der Waals surface area contributed by atoms with Crippen LogP contribution in [0.3, 0.4) is 0 Å². The van der Waals surface area contributed by atoms with Crippen molar-refractivity contribution < 1.29 is 9.84 Å². The van der Waals surface area contributed by atoms with Gasteiger partial charge in [-0.2, -0.15) is 0 Å². The number of nitrogens with one attached hydrogen (secondary N) is 1. The van der Waals surface area contributed by atoms with Gasteiger partial charge >= 0.3 is 0 Å². The van der Waals surface area contributed by atoms with Gasteiger partial charge in [-0.15, -0.1) is 0 Å². The number of ether oxygens (including phenoxy) is 1. The smallest absolute Gasteiger partial charge is 0.160 e. The summed E-state index contributed by atoms with van der Waals surface area (Å²) in [6, 6.07) is 14.1. The van der Waals surface area contributed by atoms with Crippen molar-refractivity contribution >= 4 is 0 Å². The average molecular weight is 269 g/mol. The molecule has 0 spiro atoms. The van der Waals surface area contributed by atoms with Gasteiger partial charge in [-0.1, -0.05) is 30.3 Å². The van der Waals surface area contributed by atoms with E-state index in [-0.39, 0.29) is 5.75 Å². The maximum atomic E-state index is 9.73. The molecule has 1 aliphatic carbocycles. The van der Waals surface area contributed by atoms with Gasteiger partial charge in [-0.05, 0) is 35.2 Å². The second-order valence-electron chi connectivity index (χ2n) is 5.24. The van der Waals surface area contributed by atoms with E-state index in [1.165, 1.54) is 11.1 Å². The van der Waals surface area contributed by atoms with Gasteiger partial charge in [0.25, 0.3) is 0 Å². The third-order valence-electron chi connectivity index (χ3n) is 3.92. The zero-order valence-corrected chi connectivity index (χ0v) is 11.6. The van der Waals surface area contributed by atoms with Crippen LogP contribution in [0.1, 0.15) is 22.6 Å². The minimum Gasteiger partial charge on any atom is -0.504 e. The van der Waals surface area contributed by atoms with Crippen LogP contribution in [-0.4, -0.2) is 18.8 Å². The van der Waals surface area contributed by atoms with E-state index in [0.29, 0.717) is 11.7 Å². The Kier molecular flexibility index (Phi) is 3.61. The van der Waals surface area contributed by atoms with Gasteiger partial charge in [0.15, 0.2) is 11.5 Å². The molecule has 2 N–H and O–H groups in total. The molecule has 1 atom stereocenters. The summed E-state index contributed by atoms with van der Waals surface area (Å²) in [5.74, 6) is 1.33. The van der Waals surface area contributed by atoms with E-state index in [4.69, 9.17) is 4.74 Å². The molecule has 1 aliphatic rings. The highest BCUT2D eigenvalue weighted by atomic mass is 16.5. The van der Waals surface area contributed by atoms with E-state index in [9.17, 15) is 5.11 Å². The molecule has 0 bridgehead atoms. The minimum absolute atomic E-state index is 0.195. The van der Waals surface area contributed by atoms with Crippen molar-refractivity contribution in [1.82, 2.24) is 5.32 Å². The molecule has 3 heteroatoms. The van der Waals surface area contributed by atoms with Gasteiger partial charge in [-0.25, -0.2) is 0 Å². The normalized spacial score (nSPS) is 16.4. The van der Waals surface area contributed by atoms with Crippen molar-refractivity contribution in [2.75, 3.05) is 13.7 Å². The fourth-order valence-corrected chi connectivity index (χ4v) is 2.78. The molecule has 0 saturated heterocycles. The molecule has 2 aromatic rings. The number of methoxy groups -OCH3 is 1. The third kappa shape index (κ3) is 2.49. The quantitative estimate of drug-likeness (QED) is 0.877. The molecule has 0 saturated carbocycles. The number of rotatable bonds is 5. The fourth-order valence-electron chi connectivity index (χ4n) is 2.78. The van der Waals surface area contributed by atoms with Gasteiger partial charge in [0.1, 0.15) is 0 Å². The number of benzene rings is 2. The SMILES string of the molecule is COc1ccc(CNCC2Cc3ccccc32)cc1O. The number of hydrogen-bond acceptors (Lipinski definition) is 3. The van der Waals surface area contributed by atoms with Gasteiger partial charge in [0.2, 0.25) is 0 Å². The Morgan fingerprint density at radius 1 is 1.25 bits per heavy atom. The highest BCUT2D eigenvalue weighted by Crippen LogP contribution is 2.34. The Morgan fingerprint density at radius 2 is 2.10 bits per heavy atom. The summed E-state index contributed by atoms with van der Waals surface area (Å²) in [7, 11) is 1.56. The Hall–Kier alpha value is -2.00. The van der Waals surface area contributed by atoms with Crippen LogP contribution in [0.15, 0.2) is 42.5 Å². The monoisotopic (exact) mass is 269 g/mol. The Bertz CT molecular complexity index is 610. The summed E-state index contributed by atoms with van der Waals surface area (Å²) in [6.45, 7) is 1.74. The van der Waals surface area contributed by atoms with E-state index in [0.717, 1.165) is 25.1 Å². The summed E-state index contributed by atoms with van der Waals surface area (Å²) in [5.41, 5.74) is 4.01. The first-order chi connectivity index (χ1) is 9.78. The maximum Gasteiger partial charge on any atom is 0.160 e. The number of phenolic OH excluding ortho intramolecular Hbond substituents is 1. The highest BCUT2D eigenvalue weighted by Gasteiger charge is 2.24. The standard InChI is InChI=1S/C17H19NO2/c1-20-17-7-6-12(8-16(17)19)10-18-11-14-9-13-4-2-3-5-15(13)14/h2-8,14,18-19H,9-11H2,1H3. The first-order valence-electron chi connectivity index (χ1n) is 6.92. The van der Waals surface area contributed by atoms with Gasteiger partial charge in [0.05, 0.1) is 7.11 Å². The first-order valence-corrected chi connectivity index (χ1v) is 6.92. The second-order valence-corrected chi connectivity index (χ2v) is 5.24. The average Bonchev–Trinajstić information content (AvgIpc) is 2.44. The molecule has 3 nitrogen and oxygen atoms in total. The molecule has 2 aromatic carbocycles. The molecule has 104 valence electrons. The Morgan fingerprint density at radius 3 is 2.85 bits per heavy atom. The zero-order chi connectivity index (χ0) is 13.9. The number of fused-ring (bicyclic) bond motifs is 1. The van der Waals surface area contributed by atoms with E-state index in [2.05, 4.69) is 29.6 Å². The summed E-state index contributed by atoms with van der Waals surface area (Å²) in [4.78, 5) is 0. The summed E-state index contributed by atoms with van der Waals surface area (Å²) < 4.78 is 5.04. The van der Waals surface area contributed by atoms with Gasteiger partial charge < -0.3 is 15.2 Å². The van der Waals surface area contributed by atoms with Crippen LogP contribution in [0, 0.1) is 0 Å². The zero-order valence-electron chi connectivity index (χ0n) is 11.6. The van der Waals surface area contributed by atoms with E-state index in [1.54, 1.807) is 19.2 Å². The van der Waals surface area contributed by atoms with Crippen LogP contribution in [0.5, 0.6) is 11.5 Å². The van der Waals surface area contributed by atoms with Crippen LogP contribution < -0.4 is 10.1 Å². The number of aromatic hydroxyl groups is 1. The van der Waals surface area contributed by atoms with E-state index >= 15 is 0 Å². The van der Waals surface area contributed by atoms with Crippen molar-refractivity contribution in [2.45, 2.75) is 18.9 Å². The molecule has 0 aromatic heterocycles. The predicted molar refractivity (Wildman–Crippen MR) is 79.3 cm³/mol. The van der Waals surface area contributed by atoms with Crippen molar-refractivity contribution in [1.29, 1.82) is 0 Å². The molecular formula is C17H19NO2. The van der Waals surface area contributed by atoms with Crippen molar-refractivity contribution in [3.05, 3.63) is 59.2 Å². The predicted octanol–water partition coefficient (Wildman–Crippen LogP) is 2.83. The molecule has 1 unspecified atom stereocenters. The van der Waals surface area contributed by atoms with E-state index in [1.807, 2.05) is 6.07 Å². The molecule has 0 heterocycles.